The molecule has 0 saturated carbocycles. The fourth-order valence-electron chi connectivity index (χ4n) is 3.80. The topological polar surface area (TPSA) is 154 Å². The van der Waals surface area contributed by atoms with Crippen molar-refractivity contribution in [1.82, 2.24) is 16.0 Å². The highest BCUT2D eigenvalue weighted by Gasteiger charge is 2.27. The number of carbonyl (C=O) groups is 3. The summed E-state index contributed by atoms with van der Waals surface area (Å²) in [4.78, 5) is 37.7. The molecular formula is C31H37N3O9. The van der Waals surface area contributed by atoms with Gasteiger partial charge in [-0.3, -0.25) is 14.9 Å². The average molecular weight is 596 g/mol. The van der Waals surface area contributed by atoms with Crippen molar-refractivity contribution in [2.75, 3.05) is 0 Å². The fraction of sp³-hybridized carbons (Fsp3) is 0.323. The second kappa shape index (κ2) is 17.3. The van der Waals surface area contributed by atoms with Gasteiger partial charge in [-0.05, 0) is 63.6 Å². The molecule has 0 saturated heterocycles. The lowest BCUT2D eigenvalue weighted by atomic mass is 10.1. The SMILES string of the molecule is CC(NC(=O)Oc1ccccc1)OC(=O)CC[C@@H](NC(O)Oc1ccccc1)C(=O)OC(C)N[C@H](C)Oc1ccccc1. The van der Waals surface area contributed by atoms with Crippen LogP contribution in [-0.4, -0.2) is 54.3 Å². The Balaban J connectivity index is 1.52. The Morgan fingerprint density at radius 2 is 1.21 bits per heavy atom. The number of nitrogens with one attached hydrogen (secondary N) is 3. The van der Waals surface area contributed by atoms with E-state index in [1.165, 1.54) is 6.92 Å². The third-order valence-corrected chi connectivity index (χ3v) is 5.66. The zero-order chi connectivity index (χ0) is 31.0. The van der Waals surface area contributed by atoms with E-state index >= 15 is 0 Å². The molecule has 5 atom stereocenters. The maximum absolute atomic E-state index is 13.1. The van der Waals surface area contributed by atoms with Gasteiger partial charge >= 0.3 is 18.0 Å². The minimum atomic E-state index is -1.59. The maximum atomic E-state index is 13.1. The standard InChI is InChI=1S/C31H37N3O9/c1-21(39-24-13-7-4-8-14-24)32-22(2)41-29(36)27(34-31(38)43-26-17-11-6-12-18-26)19-20-28(35)40-23(3)33-30(37)42-25-15-9-5-10-16-25/h4-18,21-23,27,31-32,34,38H,19-20H2,1-3H3,(H,33,37)/t21-,22?,23?,27+,31?/m0/s1. The molecule has 0 radical (unpaired) electrons. The predicted molar refractivity (Wildman–Crippen MR) is 156 cm³/mol. The van der Waals surface area contributed by atoms with Crippen LogP contribution in [0.3, 0.4) is 0 Å². The molecule has 1 amide bonds. The van der Waals surface area contributed by atoms with Crippen LogP contribution in [0.15, 0.2) is 91.0 Å². The molecule has 12 nitrogen and oxygen atoms in total. The Hall–Kier alpha value is -4.65. The smallest absolute Gasteiger partial charge is 0.415 e. The lowest BCUT2D eigenvalue weighted by Gasteiger charge is -2.25. The van der Waals surface area contributed by atoms with Gasteiger partial charge in [-0.15, -0.1) is 0 Å². The van der Waals surface area contributed by atoms with Crippen LogP contribution in [0.4, 0.5) is 4.79 Å². The second-order valence-electron chi connectivity index (χ2n) is 9.34. The molecule has 3 rings (SSSR count). The van der Waals surface area contributed by atoms with Gasteiger partial charge in [0.15, 0.2) is 12.5 Å². The molecule has 4 N–H and O–H groups in total. The first-order valence-corrected chi connectivity index (χ1v) is 13.7. The van der Waals surface area contributed by atoms with E-state index in [-0.39, 0.29) is 12.8 Å². The number of aliphatic hydroxyl groups is 1. The molecule has 12 heteroatoms. The summed E-state index contributed by atoms with van der Waals surface area (Å²) in [6, 6.07) is 24.9. The van der Waals surface area contributed by atoms with E-state index in [1.54, 1.807) is 86.6 Å². The fourth-order valence-corrected chi connectivity index (χ4v) is 3.80. The highest BCUT2D eigenvalue weighted by molar-refractivity contribution is 5.77. The van der Waals surface area contributed by atoms with Crippen LogP contribution in [0, 0.1) is 0 Å². The van der Waals surface area contributed by atoms with Crippen LogP contribution in [0.5, 0.6) is 17.2 Å². The normalized spacial score (nSPS) is 14.2. The first-order valence-electron chi connectivity index (χ1n) is 13.7. The first-order chi connectivity index (χ1) is 20.7. The van der Waals surface area contributed by atoms with E-state index < -0.39 is 49.2 Å². The average Bonchev–Trinajstić information content (AvgIpc) is 2.96. The molecule has 230 valence electrons. The van der Waals surface area contributed by atoms with Gasteiger partial charge < -0.3 is 28.8 Å². The van der Waals surface area contributed by atoms with Gasteiger partial charge in [0, 0.05) is 6.42 Å². The number of esters is 2. The van der Waals surface area contributed by atoms with Gasteiger partial charge in [-0.1, -0.05) is 54.6 Å². The number of benzene rings is 3. The number of rotatable bonds is 16. The van der Waals surface area contributed by atoms with Crippen molar-refractivity contribution in [1.29, 1.82) is 0 Å². The van der Waals surface area contributed by atoms with Crippen LogP contribution in [0.25, 0.3) is 0 Å². The summed E-state index contributed by atoms with van der Waals surface area (Å²) in [5.74, 6) is -0.141. The number of hydrogen-bond acceptors (Lipinski definition) is 11. The van der Waals surface area contributed by atoms with E-state index in [2.05, 4.69) is 16.0 Å². The van der Waals surface area contributed by atoms with Crippen molar-refractivity contribution in [3.63, 3.8) is 0 Å². The lowest BCUT2D eigenvalue weighted by Crippen LogP contribution is -2.49. The molecule has 0 aliphatic heterocycles. The third kappa shape index (κ3) is 12.8. The predicted octanol–water partition coefficient (Wildman–Crippen LogP) is 3.66. The summed E-state index contributed by atoms with van der Waals surface area (Å²) in [5, 5.41) is 18.5. The molecule has 3 unspecified atom stereocenters. The van der Waals surface area contributed by atoms with Crippen molar-refractivity contribution >= 4 is 18.0 Å². The van der Waals surface area contributed by atoms with Gasteiger partial charge in [0.05, 0.1) is 0 Å². The summed E-state index contributed by atoms with van der Waals surface area (Å²) in [7, 11) is 0. The minimum Gasteiger partial charge on any atom is -0.476 e. The Morgan fingerprint density at radius 3 is 1.79 bits per heavy atom. The minimum absolute atomic E-state index is 0.114. The van der Waals surface area contributed by atoms with E-state index in [9.17, 15) is 19.5 Å². The van der Waals surface area contributed by atoms with Gasteiger partial charge in [-0.2, -0.15) is 0 Å². The molecule has 0 aliphatic rings. The molecule has 0 aromatic heterocycles. The summed E-state index contributed by atoms with van der Waals surface area (Å²) >= 11 is 0. The van der Waals surface area contributed by atoms with Gasteiger partial charge in [0.25, 0.3) is 6.41 Å². The lowest BCUT2D eigenvalue weighted by molar-refractivity contribution is -0.158. The van der Waals surface area contributed by atoms with Crippen molar-refractivity contribution in [2.24, 2.45) is 0 Å². The Morgan fingerprint density at radius 1 is 0.674 bits per heavy atom. The summed E-state index contributed by atoms with van der Waals surface area (Å²) in [6.07, 6.45) is -5.05. The molecule has 0 heterocycles. The summed E-state index contributed by atoms with van der Waals surface area (Å²) in [6.45, 7) is 4.83. The van der Waals surface area contributed by atoms with E-state index in [0.717, 1.165) is 0 Å². The van der Waals surface area contributed by atoms with Crippen LogP contribution in [0.1, 0.15) is 33.6 Å². The van der Waals surface area contributed by atoms with Crippen molar-refractivity contribution in [3.8, 4) is 17.2 Å². The second-order valence-corrected chi connectivity index (χ2v) is 9.34. The van der Waals surface area contributed by atoms with E-state index in [4.69, 9.17) is 23.7 Å². The van der Waals surface area contributed by atoms with Crippen LogP contribution >= 0.6 is 0 Å². The molecule has 3 aromatic rings. The largest absolute Gasteiger partial charge is 0.476 e. The van der Waals surface area contributed by atoms with Crippen molar-refractivity contribution in [2.45, 2.75) is 64.8 Å². The number of ether oxygens (including phenoxy) is 5. The number of amides is 1. The number of para-hydroxylation sites is 3. The Bertz CT molecular complexity index is 1270. The molecular weight excluding hydrogens is 558 g/mol. The molecule has 0 bridgehead atoms. The summed E-state index contributed by atoms with van der Waals surface area (Å²) in [5.41, 5.74) is 0. The zero-order valence-corrected chi connectivity index (χ0v) is 24.2. The maximum Gasteiger partial charge on any atom is 0.415 e. The van der Waals surface area contributed by atoms with Gasteiger partial charge in [0.2, 0.25) is 0 Å². The first kappa shape index (κ1) is 32.9. The Labute approximate surface area is 250 Å². The van der Waals surface area contributed by atoms with Gasteiger partial charge in [-0.25, -0.2) is 15.4 Å². The highest BCUT2D eigenvalue weighted by Crippen LogP contribution is 2.13. The number of carbonyl (C=O) groups excluding carboxylic acids is 3. The highest BCUT2D eigenvalue weighted by atomic mass is 16.6. The van der Waals surface area contributed by atoms with Crippen LogP contribution in [0.2, 0.25) is 0 Å². The monoisotopic (exact) mass is 595 g/mol. The van der Waals surface area contributed by atoms with Crippen molar-refractivity contribution in [3.05, 3.63) is 91.0 Å². The van der Waals surface area contributed by atoms with Crippen molar-refractivity contribution < 1.29 is 43.2 Å². The molecule has 0 aliphatic carbocycles. The van der Waals surface area contributed by atoms with Crippen LogP contribution < -0.4 is 30.2 Å². The third-order valence-electron chi connectivity index (χ3n) is 5.66. The Kier molecular flexibility index (Phi) is 13.3. The quantitative estimate of drug-likeness (QED) is 0.142. The molecule has 0 spiro atoms. The zero-order valence-electron chi connectivity index (χ0n) is 24.2. The van der Waals surface area contributed by atoms with Crippen LogP contribution in [-0.2, 0) is 19.1 Å². The summed E-state index contributed by atoms with van der Waals surface area (Å²) < 4.78 is 27.0. The number of hydrogen-bond donors (Lipinski definition) is 4. The van der Waals surface area contributed by atoms with E-state index in [1.807, 2.05) is 18.2 Å². The molecule has 43 heavy (non-hydrogen) atoms. The number of aliphatic hydroxyl groups excluding tert-OH is 1. The van der Waals surface area contributed by atoms with Gasteiger partial charge in [0.1, 0.15) is 29.5 Å². The van der Waals surface area contributed by atoms with E-state index in [0.29, 0.717) is 17.2 Å². The molecule has 3 aromatic carbocycles. The molecule has 0 fully saturated rings.